The molecule has 0 aliphatic heterocycles. The fraction of sp³-hybridized carbons (Fsp3) is 0.600. The van der Waals surface area contributed by atoms with Crippen molar-refractivity contribution >= 4 is 21.6 Å². The van der Waals surface area contributed by atoms with Gasteiger partial charge in [0.05, 0.1) is 0 Å². The molecule has 2 heteroatoms. The van der Waals surface area contributed by atoms with Crippen molar-refractivity contribution in [1.29, 1.82) is 0 Å². The fourth-order valence-electron chi connectivity index (χ4n) is 2.83. The number of hydrogen-bond acceptors (Lipinski definition) is 1. The van der Waals surface area contributed by atoms with Crippen molar-refractivity contribution in [2.75, 3.05) is 11.9 Å². The van der Waals surface area contributed by atoms with Gasteiger partial charge < -0.3 is 4.90 Å². The minimum Gasteiger partial charge on any atom is -0.371 e. The second kappa shape index (κ2) is 5.90. The fourth-order valence-corrected chi connectivity index (χ4v) is 3.28. The Kier molecular flexibility index (Phi) is 4.49. The third kappa shape index (κ3) is 3.04. The molecule has 1 aromatic carbocycles. The van der Waals surface area contributed by atoms with Crippen molar-refractivity contribution in [3.63, 3.8) is 0 Å². The van der Waals surface area contributed by atoms with Crippen LogP contribution in [0.3, 0.4) is 0 Å². The molecule has 0 spiro atoms. The van der Waals surface area contributed by atoms with Crippen LogP contribution in [0.2, 0.25) is 0 Å². The van der Waals surface area contributed by atoms with Gasteiger partial charge in [0.1, 0.15) is 0 Å². The summed E-state index contributed by atoms with van der Waals surface area (Å²) in [5, 5.41) is 0.946. The lowest BCUT2D eigenvalue weighted by Crippen LogP contribution is -2.33. The lowest BCUT2D eigenvalue weighted by Gasteiger charge is -2.34. The standard InChI is InChI=1S/C15H22BrN/c1-12-8-9-15(13(10-12)11-16)17(2)14-6-4-3-5-7-14/h8-10,14H,3-7,11H2,1-2H3. The molecule has 0 atom stereocenters. The topological polar surface area (TPSA) is 3.24 Å². The van der Waals surface area contributed by atoms with E-state index in [0.29, 0.717) is 0 Å². The number of alkyl halides is 1. The zero-order valence-corrected chi connectivity index (χ0v) is 12.5. The molecule has 0 saturated heterocycles. The maximum absolute atomic E-state index is 3.61. The summed E-state index contributed by atoms with van der Waals surface area (Å²) in [4.78, 5) is 2.50. The molecule has 17 heavy (non-hydrogen) atoms. The molecule has 1 saturated carbocycles. The molecule has 0 bridgehead atoms. The zero-order valence-electron chi connectivity index (χ0n) is 10.9. The monoisotopic (exact) mass is 295 g/mol. The van der Waals surface area contributed by atoms with Gasteiger partial charge in [0.15, 0.2) is 0 Å². The number of anilines is 1. The summed E-state index contributed by atoms with van der Waals surface area (Å²) in [6, 6.07) is 7.54. The minimum atomic E-state index is 0.740. The van der Waals surface area contributed by atoms with Gasteiger partial charge >= 0.3 is 0 Å². The van der Waals surface area contributed by atoms with Crippen LogP contribution in [0.25, 0.3) is 0 Å². The van der Waals surface area contributed by atoms with Crippen LogP contribution >= 0.6 is 15.9 Å². The summed E-state index contributed by atoms with van der Waals surface area (Å²) in [7, 11) is 2.26. The number of aryl methyl sites for hydroxylation is 1. The van der Waals surface area contributed by atoms with E-state index >= 15 is 0 Å². The maximum atomic E-state index is 3.61. The molecule has 1 aliphatic carbocycles. The van der Waals surface area contributed by atoms with Crippen LogP contribution in [0.1, 0.15) is 43.2 Å². The highest BCUT2D eigenvalue weighted by molar-refractivity contribution is 9.08. The van der Waals surface area contributed by atoms with E-state index in [1.165, 1.54) is 48.9 Å². The Balaban J connectivity index is 2.19. The molecule has 1 nitrogen and oxygen atoms in total. The van der Waals surface area contributed by atoms with E-state index in [9.17, 15) is 0 Å². The second-order valence-electron chi connectivity index (χ2n) is 5.17. The van der Waals surface area contributed by atoms with E-state index in [4.69, 9.17) is 0 Å². The van der Waals surface area contributed by atoms with E-state index in [0.717, 1.165) is 11.4 Å². The molecule has 1 aliphatic rings. The van der Waals surface area contributed by atoms with Crippen molar-refractivity contribution in [3.8, 4) is 0 Å². The molecule has 2 rings (SSSR count). The summed E-state index contributed by atoms with van der Waals surface area (Å²) < 4.78 is 0. The van der Waals surface area contributed by atoms with E-state index in [1.807, 2.05) is 0 Å². The maximum Gasteiger partial charge on any atom is 0.0407 e. The average Bonchev–Trinajstić information content (AvgIpc) is 2.39. The van der Waals surface area contributed by atoms with E-state index in [-0.39, 0.29) is 0 Å². The Morgan fingerprint density at radius 3 is 2.59 bits per heavy atom. The van der Waals surface area contributed by atoms with Crippen LogP contribution in [0.5, 0.6) is 0 Å². The largest absolute Gasteiger partial charge is 0.371 e. The molecular formula is C15H22BrN. The van der Waals surface area contributed by atoms with E-state index in [2.05, 4.69) is 53.0 Å². The van der Waals surface area contributed by atoms with Gasteiger partial charge in [0.2, 0.25) is 0 Å². The summed E-state index contributed by atoms with van der Waals surface area (Å²) in [5.41, 5.74) is 4.16. The van der Waals surface area contributed by atoms with Gasteiger partial charge in [-0.1, -0.05) is 52.9 Å². The molecule has 1 aromatic rings. The number of halogens is 1. The third-order valence-electron chi connectivity index (χ3n) is 3.88. The van der Waals surface area contributed by atoms with Gasteiger partial charge in [-0.2, -0.15) is 0 Å². The lowest BCUT2D eigenvalue weighted by atomic mass is 9.93. The normalized spacial score (nSPS) is 17.1. The first-order chi connectivity index (χ1) is 8.22. The number of rotatable bonds is 3. The first kappa shape index (κ1) is 12.9. The highest BCUT2D eigenvalue weighted by Gasteiger charge is 2.19. The number of benzene rings is 1. The summed E-state index contributed by atoms with van der Waals surface area (Å²) in [6.07, 6.45) is 6.91. The highest BCUT2D eigenvalue weighted by atomic mass is 79.9. The number of hydrogen-bond donors (Lipinski definition) is 0. The Hall–Kier alpha value is -0.500. The Morgan fingerprint density at radius 1 is 1.24 bits per heavy atom. The van der Waals surface area contributed by atoms with Gasteiger partial charge in [-0.15, -0.1) is 0 Å². The van der Waals surface area contributed by atoms with E-state index < -0.39 is 0 Å². The first-order valence-electron chi connectivity index (χ1n) is 6.60. The zero-order chi connectivity index (χ0) is 12.3. The van der Waals surface area contributed by atoms with Crippen molar-refractivity contribution in [1.82, 2.24) is 0 Å². The van der Waals surface area contributed by atoms with Crippen molar-refractivity contribution in [2.24, 2.45) is 0 Å². The smallest absolute Gasteiger partial charge is 0.0407 e. The van der Waals surface area contributed by atoms with Crippen molar-refractivity contribution in [3.05, 3.63) is 29.3 Å². The molecule has 0 amide bonds. The van der Waals surface area contributed by atoms with Crippen LogP contribution in [-0.4, -0.2) is 13.1 Å². The molecular weight excluding hydrogens is 274 g/mol. The molecule has 1 fully saturated rings. The van der Waals surface area contributed by atoms with Gasteiger partial charge in [-0.3, -0.25) is 0 Å². The SMILES string of the molecule is Cc1ccc(N(C)C2CCCCC2)c(CBr)c1. The molecule has 0 heterocycles. The Morgan fingerprint density at radius 2 is 1.94 bits per heavy atom. The molecule has 0 N–H and O–H groups in total. The molecule has 0 aromatic heterocycles. The van der Waals surface area contributed by atoms with Gasteiger partial charge in [0, 0.05) is 24.1 Å². The average molecular weight is 296 g/mol. The summed E-state index contributed by atoms with van der Waals surface area (Å²) in [6.45, 7) is 2.16. The van der Waals surface area contributed by atoms with Crippen molar-refractivity contribution in [2.45, 2.75) is 50.4 Å². The van der Waals surface area contributed by atoms with Crippen LogP contribution in [-0.2, 0) is 5.33 Å². The Bertz CT molecular complexity index is 369. The van der Waals surface area contributed by atoms with Crippen LogP contribution in [0, 0.1) is 6.92 Å². The first-order valence-corrected chi connectivity index (χ1v) is 7.73. The molecule has 0 unspecified atom stereocenters. The quantitative estimate of drug-likeness (QED) is 0.733. The second-order valence-corrected chi connectivity index (χ2v) is 5.73. The summed E-state index contributed by atoms with van der Waals surface area (Å²) in [5.74, 6) is 0. The van der Waals surface area contributed by atoms with Crippen LogP contribution < -0.4 is 4.90 Å². The summed E-state index contributed by atoms with van der Waals surface area (Å²) >= 11 is 3.61. The minimum absolute atomic E-state index is 0.740. The van der Waals surface area contributed by atoms with Gasteiger partial charge in [-0.25, -0.2) is 0 Å². The predicted molar refractivity (Wildman–Crippen MR) is 79.1 cm³/mol. The van der Waals surface area contributed by atoms with Crippen LogP contribution in [0.15, 0.2) is 18.2 Å². The van der Waals surface area contributed by atoms with Gasteiger partial charge in [0.25, 0.3) is 0 Å². The predicted octanol–water partition coefficient (Wildman–Crippen LogP) is 4.66. The third-order valence-corrected chi connectivity index (χ3v) is 4.49. The van der Waals surface area contributed by atoms with Gasteiger partial charge in [-0.05, 0) is 31.4 Å². The van der Waals surface area contributed by atoms with Crippen molar-refractivity contribution < 1.29 is 0 Å². The van der Waals surface area contributed by atoms with E-state index in [1.54, 1.807) is 0 Å². The number of nitrogens with zero attached hydrogens (tertiary/aromatic N) is 1. The Labute approximate surface area is 113 Å². The van der Waals surface area contributed by atoms with Crippen LogP contribution in [0.4, 0.5) is 5.69 Å². The highest BCUT2D eigenvalue weighted by Crippen LogP contribution is 2.30. The lowest BCUT2D eigenvalue weighted by molar-refractivity contribution is 0.427. The molecule has 0 radical (unpaired) electrons. The molecule has 94 valence electrons.